The van der Waals surface area contributed by atoms with E-state index in [0.29, 0.717) is 11.8 Å². The maximum Gasteiger partial charge on any atom is 0.0878 e. The van der Waals surface area contributed by atoms with E-state index >= 15 is 0 Å². The summed E-state index contributed by atoms with van der Waals surface area (Å²) < 4.78 is 0. The maximum atomic E-state index is 4.58. The van der Waals surface area contributed by atoms with Crippen molar-refractivity contribution in [3.05, 3.63) is 24.3 Å². The van der Waals surface area contributed by atoms with Gasteiger partial charge in [0.1, 0.15) is 0 Å². The highest BCUT2D eigenvalue weighted by atomic mass is 32.1. The fraction of sp³-hybridized carbons (Fsp3) is 0.444. The average Bonchev–Trinajstić information content (AvgIpc) is 2.54. The van der Waals surface area contributed by atoms with Gasteiger partial charge in [-0.1, -0.05) is 18.7 Å². The molecule has 0 amide bonds. The van der Waals surface area contributed by atoms with Crippen LogP contribution in [0.4, 0.5) is 0 Å². The molecule has 1 fully saturated rings. The van der Waals surface area contributed by atoms with E-state index in [1.54, 1.807) is 0 Å². The average molecular weight is 163 g/mol. The first-order chi connectivity index (χ1) is 5.33. The van der Waals surface area contributed by atoms with Crippen LogP contribution in [-0.4, -0.2) is 11.2 Å². The van der Waals surface area contributed by atoms with E-state index in [2.05, 4.69) is 41.1 Å². The molecule has 0 aromatic rings. The summed E-state index contributed by atoms with van der Waals surface area (Å²) in [6.45, 7) is 4.01. The van der Waals surface area contributed by atoms with Gasteiger partial charge in [0.2, 0.25) is 0 Å². The van der Waals surface area contributed by atoms with Gasteiger partial charge >= 0.3 is 0 Å². The third kappa shape index (κ3) is 0.907. The summed E-state index contributed by atoms with van der Waals surface area (Å²) in [6, 6.07) is 0.238. The second kappa shape index (κ2) is 2.40. The van der Waals surface area contributed by atoms with Crippen LogP contribution in [0.1, 0.15) is 6.42 Å². The Morgan fingerprint density at radius 3 is 3.00 bits per heavy atom. The van der Waals surface area contributed by atoms with Crippen molar-refractivity contribution in [2.45, 2.75) is 12.5 Å². The molecule has 2 heteroatoms. The van der Waals surface area contributed by atoms with E-state index in [1.807, 2.05) is 0 Å². The monoisotopic (exact) mass is 163 g/mol. The van der Waals surface area contributed by atoms with Gasteiger partial charge < -0.3 is 0 Å². The summed E-state index contributed by atoms with van der Waals surface area (Å²) in [6.07, 6.45) is 5.63. The van der Waals surface area contributed by atoms with Gasteiger partial charge in [-0.25, -0.2) is 4.99 Å². The molecule has 0 N–H and O–H groups in total. The van der Waals surface area contributed by atoms with Crippen LogP contribution in [0.15, 0.2) is 29.3 Å². The van der Waals surface area contributed by atoms with Gasteiger partial charge in [0, 0.05) is 11.8 Å². The van der Waals surface area contributed by atoms with Crippen LogP contribution in [-0.2, 0) is 0 Å². The van der Waals surface area contributed by atoms with Crippen LogP contribution in [0.25, 0.3) is 0 Å². The zero-order valence-electron chi connectivity index (χ0n) is 6.16. The van der Waals surface area contributed by atoms with Crippen LogP contribution in [0, 0.1) is 11.8 Å². The van der Waals surface area contributed by atoms with E-state index in [4.69, 9.17) is 0 Å². The number of rotatable bonds is 1. The number of thiocarbonyl (C=S) groups is 1. The number of nitrogens with zero attached hydrogens (tertiary/aromatic N) is 1. The molecule has 0 aromatic heterocycles. The number of allylic oxidation sites excluding steroid dienone is 1. The van der Waals surface area contributed by atoms with Crippen molar-refractivity contribution >= 4 is 17.4 Å². The first-order valence-electron chi connectivity index (χ1n) is 3.77. The first kappa shape index (κ1) is 6.96. The summed E-state index contributed by atoms with van der Waals surface area (Å²) in [7, 11) is 0. The largest absolute Gasteiger partial charge is 0.224 e. The van der Waals surface area contributed by atoms with Gasteiger partial charge in [-0.2, -0.15) is 0 Å². The second-order valence-corrected chi connectivity index (χ2v) is 3.31. The molecular weight excluding hydrogens is 154 g/mol. The Labute approximate surface area is 71.5 Å². The zero-order valence-corrected chi connectivity index (χ0v) is 6.97. The standard InChI is InChI=1S/C9H9NS/c1-6-7-2-3-8(4-7)9(6)10-5-11/h2-3,7-9H,1,4H2/t7-,8+,9-/m0/s1. The molecule has 0 saturated heterocycles. The van der Waals surface area contributed by atoms with Crippen molar-refractivity contribution in [2.24, 2.45) is 16.8 Å². The van der Waals surface area contributed by atoms with Crippen molar-refractivity contribution in [3.8, 4) is 0 Å². The number of aliphatic imine (C=N–C) groups is 1. The minimum Gasteiger partial charge on any atom is -0.224 e. The van der Waals surface area contributed by atoms with Gasteiger partial charge in [0.05, 0.1) is 11.2 Å². The van der Waals surface area contributed by atoms with Gasteiger partial charge in [-0.05, 0) is 24.2 Å². The second-order valence-electron chi connectivity index (χ2n) is 3.13. The molecule has 0 aromatic carbocycles. The van der Waals surface area contributed by atoms with Gasteiger partial charge in [0.25, 0.3) is 0 Å². The Balaban J connectivity index is 2.31. The van der Waals surface area contributed by atoms with Crippen molar-refractivity contribution in [1.29, 1.82) is 0 Å². The van der Waals surface area contributed by atoms with E-state index in [9.17, 15) is 0 Å². The number of fused-ring (bicyclic) bond motifs is 2. The molecule has 3 atom stereocenters. The lowest BCUT2D eigenvalue weighted by molar-refractivity contribution is 0.626. The van der Waals surface area contributed by atoms with Crippen molar-refractivity contribution in [1.82, 2.24) is 0 Å². The Morgan fingerprint density at radius 2 is 2.45 bits per heavy atom. The lowest BCUT2D eigenvalue weighted by atomic mass is 9.98. The fourth-order valence-corrected chi connectivity index (χ4v) is 2.08. The molecular formula is C9H9NS. The summed E-state index contributed by atoms with van der Waals surface area (Å²) in [4.78, 5) is 4.10. The van der Waals surface area contributed by atoms with Crippen LogP contribution < -0.4 is 0 Å². The minimum atomic E-state index is 0.238. The molecule has 2 bridgehead atoms. The molecule has 0 unspecified atom stereocenters. The van der Waals surface area contributed by atoms with Crippen molar-refractivity contribution in [3.63, 3.8) is 0 Å². The number of hydrogen-bond donors (Lipinski definition) is 0. The fourth-order valence-electron chi connectivity index (χ4n) is 1.97. The first-order valence-corrected chi connectivity index (χ1v) is 4.17. The Morgan fingerprint density at radius 1 is 1.64 bits per heavy atom. The molecule has 0 aliphatic heterocycles. The van der Waals surface area contributed by atoms with E-state index < -0.39 is 0 Å². The van der Waals surface area contributed by atoms with E-state index in [0.717, 1.165) is 0 Å². The maximum absolute atomic E-state index is 4.58. The van der Waals surface area contributed by atoms with Gasteiger partial charge in [0.15, 0.2) is 0 Å². The predicted molar refractivity (Wildman–Crippen MR) is 48.7 cm³/mol. The Hall–Kier alpha value is -0.720. The van der Waals surface area contributed by atoms with Crippen molar-refractivity contribution in [2.75, 3.05) is 0 Å². The predicted octanol–water partition coefficient (Wildman–Crippen LogP) is 2.22. The lowest BCUT2D eigenvalue weighted by Gasteiger charge is -2.13. The zero-order chi connectivity index (χ0) is 7.84. The molecule has 2 aliphatic rings. The van der Waals surface area contributed by atoms with Crippen LogP contribution in [0.5, 0.6) is 0 Å². The van der Waals surface area contributed by atoms with E-state index in [-0.39, 0.29) is 6.04 Å². The molecule has 1 nitrogen and oxygen atoms in total. The van der Waals surface area contributed by atoms with Gasteiger partial charge in [-0.15, -0.1) is 0 Å². The summed E-state index contributed by atoms with van der Waals surface area (Å²) in [5.41, 5.74) is 1.22. The third-order valence-electron chi connectivity index (χ3n) is 2.57. The van der Waals surface area contributed by atoms with Crippen LogP contribution in [0.2, 0.25) is 0 Å². The van der Waals surface area contributed by atoms with Crippen LogP contribution >= 0.6 is 12.2 Å². The third-order valence-corrected chi connectivity index (χ3v) is 2.68. The van der Waals surface area contributed by atoms with Crippen LogP contribution in [0.3, 0.4) is 0 Å². The molecule has 0 spiro atoms. The smallest absolute Gasteiger partial charge is 0.0878 e. The molecule has 0 heterocycles. The SMILES string of the molecule is C=C1[C@H]2C=C[C@H](C2)[C@H]1N=C=S. The van der Waals surface area contributed by atoms with Crippen molar-refractivity contribution < 1.29 is 0 Å². The van der Waals surface area contributed by atoms with Gasteiger partial charge in [-0.3, -0.25) is 0 Å². The molecule has 2 rings (SSSR count). The number of isothiocyanates is 1. The highest BCUT2D eigenvalue weighted by Crippen LogP contribution is 2.43. The number of hydrogen-bond acceptors (Lipinski definition) is 2. The minimum absolute atomic E-state index is 0.238. The molecule has 11 heavy (non-hydrogen) atoms. The van der Waals surface area contributed by atoms with E-state index in [1.165, 1.54) is 12.0 Å². The highest BCUT2D eigenvalue weighted by molar-refractivity contribution is 7.78. The topological polar surface area (TPSA) is 12.4 Å². The Kier molecular flexibility index (Phi) is 1.52. The summed E-state index contributed by atoms with van der Waals surface area (Å²) in [5.74, 6) is 1.13. The molecule has 56 valence electrons. The normalized spacial score (nSPS) is 39.3. The molecule has 2 aliphatic carbocycles. The lowest BCUT2D eigenvalue weighted by Crippen LogP contribution is -2.12. The molecule has 0 radical (unpaired) electrons. The molecule has 1 saturated carbocycles. The highest BCUT2D eigenvalue weighted by Gasteiger charge is 2.38. The summed E-state index contributed by atoms with van der Waals surface area (Å²) >= 11 is 4.58. The Bertz CT molecular complexity index is 273. The summed E-state index contributed by atoms with van der Waals surface area (Å²) in [5, 5.41) is 2.44. The quantitative estimate of drug-likeness (QED) is 0.328.